The largest absolute Gasteiger partial charge is 0.316 e. The van der Waals surface area contributed by atoms with E-state index in [1.807, 2.05) is 6.07 Å². The number of hydrogen-bond acceptors (Lipinski definition) is 5. The van der Waals surface area contributed by atoms with Gasteiger partial charge >= 0.3 is 0 Å². The lowest BCUT2D eigenvalue weighted by molar-refractivity contribution is -0.0440. The number of fused-ring (bicyclic) bond motifs is 1. The Morgan fingerprint density at radius 3 is 2.55 bits per heavy atom. The van der Waals surface area contributed by atoms with Crippen LogP contribution in [0.2, 0.25) is 0 Å². The molecule has 2 saturated heterocycles. The minimum absolute atomic E-state index is 0.0252. The molecule has 0 spiro atoms. The van der Waals surface area contributed by atoms with E-state index in [0.29, 0.717) is 0 Å². The van der Waals surface area contributed by atoms with Crippen molar-refractivity contribution in [1.29, 1.82) is 0 Å². The highest BCUT2D eigenvalue weighted by atomic mass is 15.5. The molecule has 3 heterocycles. The Morgan fingerprint density at radius 1 is 1.05 bits per heavy atom. The van der Waals surface area contributed by atoms with Gasteiger partial charge in [0.2, 0.25) is 0 Å². The summed E-state index contributed by atoms with van der Waals surface area (Å²) in [7, 11) is 2.21. The molecule has 6 nitrogen and oxygen atoms in total. The van der Waals surface area contributed by atoms with Crippen molar-refractivity contribution in [2.45, 2.75) is 18.5 Å². The quantitative estimate of drug-likeness (QED) is 0.885. The van der Waals surface area contributed by atoms with E-state index in [2.05, 4.69) is 55.4 Å². The Kier molecular flexibility index (Phi) is 3.60. The van der Waals surface area contributed by atoms with Crippen LogP contribution >= 0.6 is 0 Å². The molecule has 0 atom stereocenters. The molecule has 0 radical (unpaired) electrons. The van der Waals surface area contributed by atoms with Crippen molar-refractivity contribution in [3.05, 3.63) is 24.3 Å². The third-order valence-electron chi connectivity index (χ3n) is 5.24. The van der Waals surface area contributed by atoms with Gasteiger partial charge in [-0.25, -0.2) is 4.68 Å². The van der Waals surface area contributed by atoms with Gasteiger partial charge in [0.25, 0.3) is 0 Å². The van der Waals surface area contributed by atoms with Crippen LogP contribution in [-0.2, 0) is 5.66 Å². The third kappa shape index (κ3) is 2.22. The van der Waals surface area contributed by atoms with Crippen LogP contribution in [0.15, 0.2) is 24.3 Å². The molecule has 0 aliphatic carbocycles. The van der Waals surface area contributed by atoms with Crippen molar-refractivity contribution in [3.63, 3.8) is 0 Å². The molecule has 1 N–H and O–H groups in total. The number of para-hydroxylation sites is 1. The van der Waals surface area contributed by atoms with Crippen molar-refractivity contribution in [2.75, 3.05) is 46.3 Å². The Hall–Kier alpha value is -1.50. The van der Waals surface area contributed by atoms with Crippen LogP contribution in [0.1, 0.15) is 12.8 Å². The standard InChI is InChI=1S/C16H24N6/c1-20-10-12-21(13-11-20)16(6-8-17-9-7-16)22-15-5-3-2-4-14(15)18-19-22/h2-5,17H,6-13H2,1H3. The summed E-state index contributed by atoms with van der Waals surface area (Å²) in [4.78, 5) is 5.04. The Bertz CT molecular complexity index is 637. The van der Waals surface area contributed by atoms with Crippen molar-refractivity contribution in [1.82, 2.24) is 30.1 Å². The van der Waals surface area contributed by atoms with Crippen molar-refractivity contribution in [3.8, 4) is 0 Å². The van der Waals surface area contributed by atoms with Gasteiger partial charge in [-0.15, -0.1) is 5.10 Å². The normalized spacial score (nSPS) is 23.9. The van der Waals surface area contributed by atoms with E-state index in [1.165, 1.54) is 0 Å². The minimum atomic E-state index is -0.0252. The second-order valence-electron chi connectivity index (χ2n) is 6.51. The summed E-state index contributed by atoms with van der Waals surface area (Å²) in [6, 6.07) is 8.32. The van der Waals surface area contributed by atoms with Gasteiger partial charge in [0, 0.05) is 26.2 Å². The number of aromatic nitrogens is 3. The SMILES string of the molecule is CN1CCN(C2(n3nnc4ccccc43)CCNCC2)CC1. The van der Waals surface area contributed by atoms with Crippen LogP contribution in [0.3, 0.4) is 0 Å². The minimum Gasteiger partial charge on any atom is -0.316 e. The fourth-order valence-electron chi connectivity index (χ4n) is 3.89. The van der Waals surface area contributed by atoms with Gasteiger partial charge in [0.05, 0.1) is 5.52 Å². The molecule has 2 aliphatic rings. The number of benzene rings is 1. The van der Waals surface area contributed by atoms with Crippen molar-refractivity contribution >= 4 is 11.0 Å². The maximum Gasteiger partial charge on any atom is 0.120 e. The summed E-state index contributed by atoms with van der Waals surface area (Å²) in [5, 5.41) is 12.5. The number of piperidine rings is 1. The third-order valence-corrected chi connectivity index (χ3v) is 5.24. The molecule has 0 saturated carbocycles. The lowest BCUT2D eigenvalue weighted by Gasteiger charge is -2.49. The van der Waals surface area contributed by atoms with Gasteiger partial charge < -0.3 is 10.2 Å². The van der Waals surface area contributed by atoms with Crippen LogP contribution in [0, 0.1) is 0 Å². The summed E-state index contributed by atoms with van der Waals surface area (Å²) in [5.74, 6) is 0. The zero-order valence-corrected chi connectivity index (χ0v) is 13.2. The fraction of sp³-hybridized carbons (Fsp3) is 0.625. The van der Waals surface area contributed by atoms with E-state index in [9.17, 15) is 0 Å². The number of hydrogen-bond donors (Lipinski definition) is 1. The molecule has 2 aromatic rings. The van der Waals surface area contributed by atoms with E-state index in [0.717, 1.165) is 63.1 Å². The van der Waals surface area contributed by atoms with Crippen molar-refractivity contribution in [2.24, 2.45) is 0 Å². The van der Waals surface area contributed by atoms with E-state index in [-0.39, 0.29) is 5.66 Å². The van der Waals surface area contributed by atoms with Gasteiger partial charge in [-0.1, -0.05) is 17.3 Å². The zero-order chi connectivity index (χ0) is 15.0. The first-order chi connectivity index (χ1) is 10.8. The summed E-state index contributed by atoms with van der Waals surface area (Å²) in [6.45, 7) is 6.54. The zero-order valence-electron chi connectivity index (χ0n) is 13.2. The van der Waals surface area contributed by atoms with E-state index in [1.54, 1.807) is 0 Å². The monoisotopic (exact) mass is 300 g/mol. The van der Waals surface area contributed by atoms with Crippen LogP contribution in [-0.4, -0.2) is 71.1 Å². The summed E-state index contributed by atoms with van der Waals surface area (Å²) >= 11 is 0. The number of rotatable bonds is 2. The first kappa shape index (κ1) is 14.1. The molecule has 0 unspecified atom stereocenters. The number of nitrogens with one attached hydrogen (secondary N) is 1. The van der Waals surface area contributed by atoms with E-state index < -0.39 is 0 Å². The van der Waals surface area contributed by atoms with Gasteiger partial charge in [-0.05, 0) is 45.1 Å². The fourth-order valence-corrected chi connectivity index (χ4v) is 3.89. The highest BCUT2D eigenvalue weighted by Gasteiger charge is 2.42. The van der Waals surface area contributed by atoms with Gasteiger partial charge in [-0.2, -0.15) is 0 Å². The molecule has 2 fully saturated rings. The highest BCUT2D eigenvalue weighted by molar-refractivity contribution is 5.74. The van der Waals surface area contributed by atoms with E-state index >= 15 is 0 Å². The highest BCUT2D eigenvalue weighted by Crippen LogP contribution is 2.34. The van der Waals surface area contributed by atoms with Crippen LogP contribution in [0.4, 0.5) is 0 Å². The van der Waals surface area contributed by atoms with E-state index in [4.69, 9.17) is 0 Å². The second kappa shape index (κ2) is 5.61. The smallest absolute Gasteiger partial charge is 0.120 e. The predicted molar refractivity (Wildman–Crippen MR) is 86.7 cm³/mol. The maximum atomic E-state index is 4.57. The Morgan fingerprint density at radius 2 is 1.77 bits per heavy atom. The molecule has 4 rings (SSSR count). The van der Waals surface area contributed by atoms with Gasteiger partial charge in [0.15, 0.2) is 0 Å². The van der Waals surface area contributed by atoms with Crippen LogP contribution in [0.25, 0.3) is 11.0 Å². The Balaban J connectivity index is 1.77. The number of nitrogens with zero attached hydrogens (tertiary/aromatic N) is 5. The molecule has 1 aromatic carbocycles. The lowest BCUT2D eigenvalue weighted by Crippen LogP contribution is -2.61. The topological polar surface area (TPSA) is 49.2 Å². The molecule has 118 valence electrons. The summed E-state index contributed by atoms with van der Waals surface area (Å²) in [5.41, 5.74) is 2.13. The van der Waals surface area contributed by atoms with Crippen molar-refractivity contribution < 1.29 is 0 Å². The molecule has 6 heteroatoms. The molecule has 0 amide bonds. The van der Waals surface area contributed by atoms with Gasteiger partial charge in [-0.3, -0.25) is 4.90 Å². The molecule has 1 aromatic heterocycles. The summed E-state index contributed by atoms with van der Waals surface area (Å²) in [6.07, 6.45) is 2.17. The first-order valence-corrected chi connectivity index (χ1v) is 8.25. The summed E-state index contributed by atoms with van der Waals surface area (Å²) < 4.78 is 2.20. The molecule has 22 heavy (non-hydrogen) atoms. The first-order valence-electron chi connectivity index (χ1n) is 8.25. The average Bonchev–Trinajstić information content (AvgIpc) is 3.01. The van der Waals surface area contributed by atoms with Gasteiger partial charge in [0.1, 0.15) is 11.2 Å². The van der Waals surface area contributed by atoms with Crippen LogP contribution in [0.5, 0.6) is 0 Å². The number of piperazine rings is 1. The van der Waals surface area contributed by atoms with Crippen LogP contribution < -0.4 is 5.32 Å². The Labute approximate surface area is 131 Å². The average molecular weight is 300 g/mol. The number of likely N-dealkylation sites (N-methyl/N-ethyl adjacent to an activating group) is 1. The molecular formula is C16H24N6. The molecule has 0 bridgehead atoms. The predicted octanol–water partition coefficient (Wildman–Crippen LogP) is 0.715. The molecular weight excluding hydrogens is 276 g/mol. The maximum absolute atomic E-state index is 4.57. The second-order valence-corrected chi connectivity index (χ2v) is 6.51. The molecule has 2 aliphatic heterocycles. The lowest BCUT2D eigenvalue weighted by atomic mass is 9.94.